The molecule has 0 aromatic heterocycles. The third-order valence-corrected chi connectivity index (χ3v) is 4.59. The standard InChI is InChI=1S/C23H29N/c1-2-3-4-5-6-7-8-9-20-10-14-22(15-11-20)23-16-12-21(13-17-23)18-19-24/h10-17H,2-9,18H2,1H3. The predicted octanol–water partition coefficient (Wildman–Crippen LogP) is 6.71. The van der Waals surface area contributed by atoms with Crippen molar-refractivity contribution in [1.82, 2.24) is 0 Å². The van der Waals surface area contributed by atoms with Crippen molar-refractivity contribution in [2.75, 3.05) is 0 Å². The Balaban J connectivity index is 1.77. The summed E-state index contributed by atoms with van der Waals surface area (Å²) in [5.41, 5.74) is 4.99. The molecule has 0 atom stereocenters. The van der Waals surface area contributed by atoms with Crippen LogP contribution in [-0.2, 0) is 12.8 Å². The zero-order valence-corrected chi connectivity index (χ0v) is 14.9. The van der Waals surface area contributed by atoms with Gasteiger partial charge >= 0.3 is 0 Å². The first-order valence-corrected chi connectivity index (χ1v) is 9.38. The lowest BCUT2D eigenvalue weighted by Crippen LogP contribution is -1.87. The van der Waals surface area contributed by atoms with Gasteiger partial charge in [0.15, 0.2) is 0 Å². The van der Waals surface area contributed by atoms with E-state index < -0.39 is 0 Å². The highest BCUT2D eigenvalue weighted by Crippen LogP contribution is 2.21. The zero-order valence-electron chi connectivity index (χ0n) is 14.9. The summed E-state index contributed by atoms with van der Waals surface area (Å²) in [6.45, 7) is 2.27. The number of nitrogens with zero attached hydrogens (tertiary/aromatic N) is 1. The highest BCUT2D eigenvalue weighted by molar-refractivity contribution is 5.64. The molecule has 0 unspecified atom stereocenters. The topological polar surface area (TPSA) is 23.8 Å². The molecule has 0 spiro atoms. The van der Waals surface area contributed by atoms with E-state index in [1.165, 1.54) is 68.1 Å². The smallest absolute Gasteiger partial charge is 0.0669 e. The van der Waals surface area contributed by atoms with E-state index in [9.17, 15) is 0 Å². The van der Waals surface area contributed by atoms with Crippen molar-refractivity contribution in [2.45, 2.75) is 64.7 Å². The summed E-state index contributed by atoms with van der Waals surface area (Å²) in [4.78, 5) is 0. The molecule has 0 bridgehead atoms. The van der Waals surface area contributed by atoms with Gasteiger partial charge in [-0.3, -0.25) is 0 Å². The second kappa shape index (κ2) is 10.7. The molecule has 2 rings (SSSR count). The molecule has 0 saturated heterocycles. The Morgan fingerprint density at radius 1 is 0.667 bits per heavy atom. The number of benzene rings is 2. The van der Waals surface area contributed by atoms with Crippen LogP contribution in [0.15, 0.2) is 48.5 Å². The van der Waals surface area contributed by atoms with Gasteiger partial charge in [0.05, 0.1) is 12.5 Å². The lowest BCUT2D eigenvalue weighted by Gasteiger charge is -2.06. The molecule has 2 aromatic rings. The van der Waals surface area contributed by atoms with E-state index in [0.29, 0.717) is 6.42 Å². The van der Waals surface area contributed by atoms with Crippen molar-refractivity contribution in [3.05, 3.63) is 59.7 Å². The number of hydrogen-bond donors (Lipinski definition) is 0. The summed E-state index contributed by atoms with van der Waals surface area (Å²) < 4.78 is 0. The van der Waals surface area contributed by atoms with Crippen LogP contribution in [0.3, 0.4) is 0 Å². The van der Waals surface area contributed by atoms with Crippen molar-refractivity contribution in [3.63, 3.8) is 0 Å². The first-order chi connectivity index (χ1) is 11.8. The minimum atomic E-state index is 0.484. The van der Waals surface area contributed by atoms with Gasteiger partial charge in [-0.15, -0.1) is 0 Å². The highest BCUT2D eigenvalue weighted by atomic mass is 14.2. The van der Waals surface area contributed by atoms with Gasteiger partial charge in [-0.1, -0.05) is 94.0 Å². The fourth-order valence-electron chi connectivity index (χ4n) is 3.06. The Morgan fingerprint density at radius 3 is 1.71 bits per heavy atom. The fourth-order valence-corrected chi connectivity index (χ4v) is 3.06. The first kappa shape index (κ1) is 18.3. The molecule has 0 saturated carbocycles. The summed E-state index contributed by atoms with van der Waals surface area (Å²) >= 11 is 0. The maximum atomic E-state index is 8.73. The first-order valence-electron chi connectivity index (χ1n) is 9.38. The van der Waals surface area contributed by atoms with Gasteiger partial charge in [0, 0.05) is 0 Å². The molecule has 2 aromatic carbocycles. The maximum absolute atomic E-state index is 8.73. The second-order valence-electron chi connectivity index (χ2n) is 6.60. The Morgan fingerprint density at radius 2 is 1.17 bits per heavy atom. The van der Waals surface area contributed by atoms with Crippen LogP contribution in [0.1, 0.15) is 63.0 Å². The van der Waals surface area contributed by atoms with E-state index >= 15 is 0 Å². The molecule has 0 heterocycles. The van der Waals surface area contributed by atoms with Gasteiger partial charge in [-0.25, -0.2) is 0 Å². The molecule has 1 nitrogen and oxygen atoms in total. The average Bonchev–Trinajstić information content (AvgIpc) is 2.62. The van der Waals surface area contributed by atoms with E-state index in [2.05, 4.69) is 49.4 Å². The SMILES string of the molecule is CCCCCCCCCc1ccc(-c2ccc(CC#N)cc2)cc1. The highest BCUT2D eigenvalue weighted by Gasteiger charge is 2.00. The third kappa shape index (κ3) is 6.20. The van der Waals surface area contributed by atoms with Crippen LogP contribution in [0.2, 0.25) is 0 Å². The fraction of sp³-hybridized carbons (Fsp3) is 0.435. The molecule has 0 aliphatic rings. The van der Waals surface area contributed by atoms with Crippen LogP contribution < -0.4 is 0 Å². The Bertz CT molecular complexity index is 617. The summed E-state index contributed by atoms with van der Waals surface area (Å²) in [6, 6.07) is 19.5. The summed E-state index contributed by atoms with van der Waals surface area (Å²) in [5.74, 6) is 0. The molecular formula is C23H29N. The van der Waals surface area contributed by atoms with Crippen molar-refractivity contribution >= 4 is 0 Å². The van der Waals surface area contributed by atoms with Crippen LogP contribution in [0.25, 0.3) is 11.1 Å². The van der Waals surface area contributed by atoms with Gasteiger partial charge in [-0.2, -0.15) is 5.26 Å². The van der Waals surface area contributed by atoms with Gasteiger partial charge in [0.1, 0.15) is 0 Å². The van der Waals surface area contributed by atoms with Crippen LogP contribution in [0, 0.1) is 11.3 Å². The molecule has 0 amide bonds. The van der Waals surface area contributed by atoms with E-state index in [-0.39, 0.29) is 0 Å². The monoisotopic (exact) mass is 319 g/mol. The molecule has 0 aliphatic carbocycles. The number of nitriles is 1. The zero-order chi connectivity index (χ0) is 17.0. The average molecular weight is 319 g/mol. The van der Waals surface area contributed by atoms with Crippen molar-refractivity contribution in [1.29, 1.82) is 5.26 Å². The third-order valence-electron chi connectivity index (χ3n) is 4.59. The number of rotatable bonds is 10. The normalized spacial score (nSPS) is 10.5. The largest absolute Gasteiger partial charge is 0.198 e. The van der Waals surface area contributed by atoms with Gasteiger partial charge in [0.2, 0.25) is 0 Å². The quantitative estimate of drug-likeness (QED) is 0.446. The molecule has 24 heavy (non-hydrogen) atoms. The minimum absolute atomic E-state index is 0.484. The number of unbranched alkanes of at least 4 members (excludes halogenated alkanes) is 6. The van der Waals surface area contributed by atoms with Gasteiger partial charge in [-0.05, 0) is 35.1 Å². The summed E-state index contributed by atoms with van der Waals surface area (Å²) in [5, 5.41) is 8.73. The molecular weight excluding hydrogens is 290 g/mol. The van der Waals surface area contributed by atoms with Crippen LogP contribution in [-0.4, -0.2) is 0 Å². The van der Waals surface area contributed by atoms with E-state index in [1.807, 2.05) is 12.1 Å². The minimum Gasteiger partial charge on any atom is -0.198 e. The maximum Gasteiger partial charge on any atom is 0.0669 e. The van der Waals surface area contributed by atoms with Crippen molar-refractivity contribution < 1.29 is 0 Å². The molecule has 0 fully saturated rings. The second-order valence-corrected chi connectivity index (χ2v) is 6.60. The molecule has 126 valence electrons. The molecule has 0 radical (unpaired) electrons. The van der Waals surface area contributed by atoms with E-state index in [0.717, 1.165) is 5.56 Å². The summed E-state index contributed by atoms with van der Waals surface area (Å²) in [6.07, 6.45) is 11.2. The van der Waals surface area contributed by atoms with Crippen molar-refractivity contribution in [2.24, 2.45) is 0 Å². The van der Waals surface area contributed by atoms with Gasteiger partial charge < -0.3 is 0 Å². The van der Waals surface area contributed by atoms with Crippen LogP contribution >= 0.6 is 0 Å². The number of hydrogen-bond acceptors (Lipinski definition) is 1. The van der Waals surface area contributed by atoms with Crippen molar-refractivity contribution in [3.8, 4) is 17.2 Å². The Hall–Kier alpha value is -2.07. The Kier molecular flexibility index (Phi) is 8.11. The lowest BCUT2D eigenvalue weighted by molar-refractivity contribution is 0.589. The van der Waals surface area contributed by atoms with Crippen LogP contribution in [0.4, 0.5) is 0 Å². The molecule has 1 heteroatoms. The van der Waals surface area contributed by atoms with E-state index in [1.54, 1.807) is 0 Å². The molecule has 0 aliphatic heterocycles. The Labute approximate surface area is 147 Å². The van der Waals surface area contributed by atoms with Crippen LogP contribution in [0.5, 0.6) is 0 Å². The predicted molar refractivity (Wildman–Crippen MR) is 103 cm³/mol. The summed E-state index contributed by atoms with van der Waals surface area (Å²) in [7, 11) is 0. The lowest BCUT2D eigenvalue weighted by atomic mass is 9.99. The van der Waals surface area contributed by atoms with Gasteiger partial charge in [0.25, 0.3) is 0 Å². The van der Waals surface area contributed by atoms with E-state index in [4.69, 9.17) is 5.26 Å². The number of aryl methyl sites for hydroxylation is 1. The molecule has 0 N–H and O–H groups in total.